The molecule has 1 aliphatic rings. The van der Waals surface area contributed by atoms with Gasteiger partial charge in [0.05, 0.1) is 6.61 Å². The lowest BCUT2D eigenvalue weighted by atomic mass is 10.1. The van der Waals surface area contributed by atoms with Gasteiger partial charge in [0.2, 0.25) is 0 Å². The van der Waals surface area contributed by atoms with Gasteiger partial charge >= 0.3 is 0 Å². The minimum absolute atomic E-state index is 0. The van der Waals surface area contributed by atoms with Gasteiger partial charge in [-0.1, -0.05) is 18.6 Å². The van der Waals surface area contributed by atoms with E-state index in [1.165, 1.54) is 37.9 Å². The van der Waals surface area contributed by atoms with E-state index in [-0.39, 0.29) is 23.8 Å². The van der Waals surface area contributed by atoms with Gasteiger partial charge in [0.15, 0.2) is 0 Å². The van der Waals surface area contributed by atoms with Crippen LogP contribution in [0.15, 0.2) is 33.9 Å². The number of nitrogens with one attached hydrogen (secondary N) is 1. The second kappa shape index (κ2) is 9.59. The molecule has 3 N–H and O–H groups in total. The quantitative estimate of drug-likeness (QED) is 0.540. The summed E-state index contributed by atoms with van der Waals surface area (Å²) in [6.45, 7) is 4.41. The van der Waals surface area contributed by atoms with Crippen LogP contribution in [0.5, 0.6) is 5.75 Å². The van der Waals surface area contributed by atoms with Crippen LogP contribution in [0.2, 0.25) is 0 Å². The molecule has 142 valence electrons. The van der Waals surface area contributed by atoms with Gasteiger partial charge in [-0.3, -0.25) is 14.5 Å². The Balaban J connectivity index is 0.00000243. The highest BCUT2D eigenvalue weighted by atomic mass is 35.5. The Hall–Kier alpha value is -2.05. The summed E-state index contributed by atoms with van der Waals surface area (Å²) in [5, 5.41) is 2.90. The Morgan fingerprint density at radius 2 is 1.88 bits per heavy atom. The van der Waals surface area contributed by atoms with Crippen LogP contribution < -0.4 is 26.6 Å². The highest BCUT2D eigenvalue weighted by Crippen LogP contribution is 2.18. The fourth-order valence-electron chi connectivity index (χ4n) is 3.17. The molecule has 2 aromatic carbocycles. The Morgan fingerprint density at radius 3 is 2.62 bits per heavy atom. The molecule has 0 amide bonds. The number of rotatable bonds is 8. The number of ether oxygens (including phenoxy) is 1. The van der Waals surface area contributed by atoms with Crippen LogP contribution in [-0.2, 0) is 6.54 Å². The highest BCUT2D eigenvalue weighted by Gasteiger charge is 2.16. The molecule has 1 heterocycles. The Kier molecular flexibility index (Phi) is 7.48. The summed E-state index contributed by atoms with van der Waals surface area (Å²) < 4.78 is 5.79. The average Bonchev–Trinajstić information content (AvgIpc) is 2.65. The van der Waals surface area contributed by atoms with Gasteiger partial charge in [-0.25, -0.2) is 0 Å². The maximum atomic E-state index is 11.3. The Morgan fingerprint density at radius 1 is 1.12 bits per heavy atom. The molecule has 1 aliphatic heterocycles. The molecule has 26 heavy (non-hydrogen) atoms. The van der Waals surface area contributed by atoms with Crippen LogP contribution >= 0.6 is 12.4 Å². The van der Waals surface area contributed by atoms with E-state index in [9.17, 15) is 9.59 Å². The van der Waals surface area contributed by atoms with Crippen molar-refractivity contribution in [3.8, 4) is 5.75 Å². The summed E-state index contributed by atoms with van der Waals surface area (Å²) in [5.41, 5.74) is 5.90. The lowest BCUT2D eigenvalue weighted by Gasteiger charge is -2.26. The summed E-state index contributed by atoms with van der Waals surface area (Å²) >= 11 is 0. The number of halogens is 1. The molecular formula is C19H26ClN3O3. The summed E-state index contributed by atoms with van der Waals surface area (Å²) in [5.74, 6) is 0.864. The molecule has 1 saturated heterocycles. The lowest BCUT2D eigenvalue weighted by Crippen LogP contribution is -2.37. The first-order valence-electron chi connectivity index (χ1n) is 8.92. The number of hydrogen-bond donors (Lipinski definition) is 2. The smallest absolute Gasteiger partial charge is 0.253 e. The fraction of sp³-hybridized carbons (Fsp3) is 0.474. The third kappa shape index (κ3) is 4.99. The molecule has 0 atom stereocenters. The maximum absolute atomic E-state index is 11.3. The van der Waals surface area contributed by atoms with Crippen LogP contribution in [0.1, 0.15) is 31.2 Å². The predicted molar refractivity (Wildman–Crippen MR) is 107 cm³/mol. The molecular weight excluding hydrogens is 354 g/mol. The topological polar surface area (TPSA) is 84.7 Å². The molecule has 6 nitrogen and oxygen atoms in total. The molecule has 0 unspecified atom stereocenters. The maximum Gasteiger partial charge on any atom is 0.253 e. The van der Waals surface area contributed by atoms with E-state index in [1.807, 2.05) is 12.1 Å². The van der Waals surface area contributed by atoms with Gasteiger partial charge in [0, 0.05) is 13.1 Å². The average molecular weight is 380 g/mol. The van der Waals surface area contributed by atoms with Crippen molar-refractivity contribution in [3.63, 3.8) is 0 Å². The van der Waals surface area contributed by atoms with Gasteiger partial charge in [-0.05, 0) is 50.0 Å². The summed E-state index contributed by atoms with van der Waals surface area (Å²) in [6.07, 6.45) is 4.64. The Labute approximate surface area is 159 Å². The van der Waals surface area contributed by atoms with E-state index in [4.69, 9.17) is 10.5 Å². The third-order valence-electron chi connectivity index (χ3n) is 4.59. The molecule has 0 saturated carbocycles. The van der Waals surface area contributed by atoms with Crippen molar-refractivity contribution in [1.82, 2.24) is 4.90 Å². The zero-order valence-electron chi connectivity index (χ0n) is 14.8. The van der Waals surface area contributed by atoms with E-state index >= 15 is 0 Å². The van der Waals surface area contributed by atoms with Crippen molar-refractivity contribution in [2.45, 2.75) is 32.2 Å². The van der Waals surface area contributed by atoms with E-state index in [0.717, 1.165) is 12.3 Å². The fourth-order valence-corrected chi connectivity index (χ4v) is 3.17. The molecule has 0 bridgehead atoms. The van der Waals surface area contributed by atoms with Crippen molar-refractivity contribution >= 4 is 23.8 Å². The van der Waals surface area contributed by atoms with Crippen molar-refractivity contribution in [2.75, 3.05) is 37.3 Å². The van der Waals surface area contributed by atoms with Crippen molar-refractivity contribution in [3.05, 3.63) is 50.3 Å². The number of anilines is 2. The minimum Gasteiger partial charge on any atom is -0.494 e. The molecule has 0 radical (unpaired) electrons. The van der Waals surface area contributed by atoms with Crippen molar-refractivity contribution in [1.29, 1.82) is 0 Å². The first-order chi connectivity index (χ1) is 12.1. The number of nitrogens with two attached hydrogens (primary N) is 1. The number of benzene rings is 1. The van der Waals surface area contributed by atoms with Gasteiger partial charge in [0.1, 0.15) is 17.1 Å². The van der Waals surface area contributed by atoms with Gasteiger partial charge in [0.25, 0.3) is 10.9 Å². The minimum atomic E-state index is -0.593. The lowest BCUT2D eigenvalue weighted by molar-refractivity contribution is 0.220. The number of nitrogens with zero attached hydrogens (tertiary/aromatic N) is 1. The molecule has 0 aromatic heterocycles. The van der Waals surface area contributed by atoms with Crippen molar-refractivity contribution in [2.24, 2.45) is 0 Å². The molecule has 0 spiro atoms. The SMILES string of the molecule is Cl.Nc1c(NCCCOc2cccc(CN3CCCCC3)c2)c(=O)c1=O. The summed E-state index contributed by atoms with van der Waals surface area (Å²) in [6, 6.07) is 8.22. The van der Waals surface area contributed by atoms with Gasteiger partial charge < -0.3 is 15.8 Å². The number of likely N-dealkylation sites (tertiary alicyclic amines) is 1. The van der Waals surface area contributed by atoms with E-state index < -0.39 is 10.9 Å². The van der Waals surface area contributed by atoms with E-state index in [0.29, 0.717) is 19.6 Å². The predicted octanol–water partition coefficient (Wildman–Crippen LogP) is 2.15. The molecule has 1 fully saturated rings. The van der Waals surface area contributed by atoms with Crippen LogP contribution in [0.4, 0.5) is 11.4 Å². The Bertz CT molecular complexity index is 781. The van der Waals surface area contributed by atoms with E-state index in [1.54, 1.807) is 0 Å². The van der Waals surface area contributed by atoms with Crippen LogP contribution in [0.3, 0.4) is 0 Å². The highest BCUT2D eigenvalue weighted by molar-refractivity contribution is 5.85. The monoisotopic (exact) mass is 379 g/mol. The zero-order chi connectivity index (χ0) is 17.6. The van der Waals surface area contributed by atoms with Crippen molar-refractivity contribution < 1.29 is 4.74 Å². The number of piperidine rings is 1. The zero-order valence-corrected chi connectivity index (χ0v) is 15.6. The van der Waals surface area contributed by atoms with Gasteiger partial charge in [-0.15, -0.1) is 12.4 Å². The second-order valence-electron chi connectivity index (χ2n) is 6.56. The van der Waals surface area contributed by atoms with Crippen LogP contribution in [0.25, 0.3) is 0 Å². The molecule has 2 aromatic rings. The number of nitrogen functional groups attached to an aromatic ring is 1. The standard InChI is InChI=1S/C19H25N3O3.ClH/c20-16-17(19(24)18(16)23)21-8-5-11-25-15-7-4-6-14(12-15)13-22-9-2-1-3-10-22;/h4,6-7,12,21H,1-3,5,8-11,13,20H2;1H. The normalized spacial score (nSPS) is 14.8. The molecule has 3 rings (SSSR count). The summed E-state index contributed by atoms with van der Waals surface area (Å²) in [4.78, 5) is 24.8. The largest absolute Gasteiger partial charge is 0.494 e. The number of hydrogen-bond acceptors (Lipinski definition) is 6. The van der Waals surface area contributed by atoms with Crippen LogP contribution in [-0.4, -0.2) is 31.1 Å². The third-order valence-corrected chi connectivity index (χ3v) is 4.59. The van der Waals surface area contributed by atoms with E-state index in [2.05, 4.69) is 22.3 Å². The second-order valence-corrected chi connectivity index (χ2v) is 6.56. The molecule has 0 aliphatic carbocycles. The first-order valence-corrected chi connectivity index (χ1v) is 8.92. The first kappa shape index (κ1) is 20.3. The van der Waals surface area contributed by atoms with Gasteiger partial charge in [-0.2, -0.15) is 0 Å². The molecule has 7 heteroatoms. The van der Waals surface area contributed by atoms with Crippen LogP contribution in [0, 0.1) is 0 Å². The summed E-state index contributed by atoms with van der Waals surface area (Å²) in [7, 11) is 0.